The number of hydrogen-bond donors (Lipinski definition) is 2. The highest BCUT2D eigenvalue weighted by Gasteiger charge is 2.15. The zero-order valence-corrected chi connectivity index (χ0v) is 11.3. The molecule has 6 heteroatoms. The van der Waals surface area contributed by atoms with Gasteiger partial charge in [-0.1, -0.05) is 6.92 Å². The number of carboxylic acids is 1. The quantitative estimate of drug-likeness (QED) is 0.808. The number of carbonyl (C=O) groups excluding carboxylic acids is 1. The Hall–Kier alpha value is -1.95. The topological polar surface area (TPSA) is 88.5 Å². The molecule has 0 aliphatic rings. The number of ether oxygens (including phenoxy) is 1. The summed E-state index contributed by atoms with van der Waals surface area (Å²) in [5, 5.41) is 11.7. The van der Waals surface area contributed by atoms with Crippen LogP contribution in [-0.2, 0) is 4.74 Å². The number of rotatable bonds is 6. The fourth-order valence-electron chi connectivity index (χ4n) is 1.64. The van der Waals surface area contributed by atoms with Crippen molar-refractivity contribution in [2.45, 2.75) is 26.3 Å². The van der Waals surface area contributed by atoms with E-state index in [9.17, 15) is 9.59 Å². The highest BCUT2D eigenvalue weighted by molar-refractivity contribution is 5.94. The maximum atomic E-state index is 11.9. The average molecular weight is 266 g/mol. The predicted molar refractivity (Wildman–Crippen MR) is 69.4 cm³/mol. The monoisotopic (exact) mass is 266 g/mol. The van der Waals surface area contributed by atoms with E-state index in [-0.39, 0.29) is 23.2 Å². The van der Waals surface area contributed by atoms with E-state index >= 15 is 0 Å². The van der Waals surface area contributed by atoms with Crippen LogP contribution in [0.2, 0.25) is 0 Å². The number of carbonyl (C=O) groups is 2. The molecule has 0 fully saturated rings. The van der Waals surface area contributed by atoms with E-state index in [4.69, 9.17) is 9.84 Å². The van der Waals surface area contributed by atoms with E-state index in [1.54, 1.807) is 14.0 Å². The molecule has 2 N–H and O–H groups in total. The van der Waals surface area contributed by atoms with E-state index in [1.807, 2.05) is 6.92 Å². The number of methoxy groups -OCH3 is 1. The van der Waals surface area contributed by atoms with Crippen LogP contribution in [-0.4, -0.2) is 41.7 Å². The molecule has 0 aliphatic heterocycles. The van der Waals surface area contributed by atoms with Gasteiger partial charge in [0.05, 0.1) is 23.9 Å². The minimum absolute atomic E-state index is 0.0845. The van der Waals surface area contributed by atoms with Gasteiger partial charge in [-0.05, 0) is 25.5 Å². The molecule has 0 saturated heterocycles. The summed E-state index contributed by atoms with van der Waals surface area (Å²) in [6.45, 7) is 3.93. The molecule has 1 unspecified atom stereocenters. The van der Waals surface area contributed by atoms with E-state index in [2.05, 4.69) is 10.3 Å². The Morgan fingerprint density at radius 2 is 2.16 bits per heavy atom. The number of amides is 1. The van der Waals surface area contributed by atoms with Gasteiger partial charge in [0.25, 0.3) is 5.91 Å². The molecule has 0 radical (unpaired) electrons. The fourth-order valence-corrected chi connectivity index (χ4v) is 1.64. The van der Waals surface area contributed by atoms with E-state index in [0.717, 1.165) is 6.42 Å². The molecular formula is C13H18N2O4. The Morgan fingerprint density at radius 3 is 2.63 bits per heavy atom. The molecule has 0 spiro atoms. The summed E-state index contributed by atoms with van der Waals surface area (Å²) in [4.78, 5) is 26.8. The largest absolute Gasteiger partial charge is 0.478 e. The lowest BCUT2D eigenvalue weighted by Crippen LogP contribution is -2.38. The summed E-state index contributed by atoms with van der Waals surface area (Å²) in [5.41, 5.74) is 0.623. The van der Waals surface area contributed by atoms with Gasteiger partial charge in [-0.15, -0.1) is 0 Å². The molecule has 1 heterocycles. The lowest BCUT2D eigenvalue weighted by Gasteiger charge is -2.15. The van der Waals surface area contributed by atoms with Gasteiger partial charge in [0.2, 0.25) is 0 Å². The normalized spacial score (nSPS) is 11.9. The van der Waals surface area contributed by atoms with Gasteiger partial charge < -0.3 is 15.2 Å². The Balaban J connectivity index is 2.83. The summed E-state index contributed by atoms with van der Waals surface area (Å²) in [6, 6.07) is 2.71. The maximum Gasteiger partial charge on any atom is 0.337 e. The molecule has 19 heavy (non-hydrogen) atoms. The first-order chi connectivity index (χ1) is 8.99. The summed E-state index contributed by atoms with van der Waals surface area (Å²) in [6.07, 6.45) is 0.742. The van der Waals surface area contributed by atoms with Gasteiger partial charge >= 0.3 is 5.97 Å². The van der Waals surface area contributed by atoms with Crippen LogP contribution in [0.5, 0.6) is 0 Å². The molecule has 1 aromatic rings. The number of nitrogens with one attached hydrogen (secondary N) is 1. The molecule has 0 aromatic carbocycles. The van der Waals surface area contributed by atoms with Crippen molar-refractivity contribution < 1.29 is 19.4 Å². The summed E-state index contributed by atoms with van der Waals surface area (Å²) >= 11 is 0. The van der Waals surface area contributed by atoms with Gasteiger partial charge in [-0.2, -0.15) is 0 Å². The fraction of sp³-hybridized carbons (Fsp3) is 0.462. The van der Waals surface area contributed by atoms with Crippen LogP contribution in [0.3, 0.4) is 0 Å². The molecule has 6 nitrogen and oxygen atoms in total. The Bertz CT molecular complexity index is 474. The number of aromatic carboxylic acids is 1. The number of carboxylic acid groups (broad SMARTS) is 1. The van der Waals surface area contributed by atoms with Crippen molar-refractivity contribution in [1.29, 1.82) is 0 Å². The lowest BCUT2D eigenvalue weighted by molar-refractivity contribution is 0.0694. The van der Waals surface area contributed by atoms with Crippen molar-refractivity contribution in [3.05, 3.63) is 29.1 Å². The number of pyridine rings is 1. The van der Waals surface area contributed by atoms with Crippen LogP contribution >= 0.6 is 0 Å². The second-order valence-electron chi connectivity index (χ2n) is 4.17. The van der Waals surface area contributed by atoms with Crippen molar-refractivity contribution in [1.82, 2.24) is 10.3 Å². The second-order valence-corrected chi connectivity index (χ2v) is 4.17. The summed E-state index contributed by atoms with van der Waals surface area (Å²) in [7, 11) is 1.57. The minimum Gasteiger partial charge on any atom is -0.478 e. The van der Waals surface area contributed by atoms with Crippen LogP contribution in [0.15, 0.2) is 12.1 Å². The first kappa shape index (κ1) is 15.1. The average Bonchev–Trinajstić information content (AvgIpc) is 2.37. The Kier molecular flexibility index (Phi) is 5.44. The first-order valence-corrected chi connectivity index (χ1v) is 6.00. The molecule has 0 saturated carbocycles. The molecule has 1 amide bonds. The molecule has 1 rings (SSSR count). The standard InChI is InChI=1S/C13H18N2O4/c1-4-9(7-19-3)15-12(16)11-6-5-10(13(17)18)8(2)14-11/h5-6,9H,4,7H2,1-3H3,(H,15,16)(H,17,18). The van der Waals surface area contributed by atoms with E-state index in [1.165, 1.54) is 12.1 Å². The molecule has 0 aliphatic carbocycles. The number of nitrogens with zero attached hydrogens (tertiary/aromatic N) is 1. The smallest absolute Gasteiger partial charge is 0.337 e. The molecular weight excluding hydrogens is 248 g/mol. The van der Waals surface area contributed by atoms with Crippen LogP contribution < -0.4 is 5.32 Å². The van der Waals surface area contributed by atoms with Crippen LogP contribution in [0.1, 0.15) is 39.9 Å². The third-order valence-electron chi connectivity index (χ3n) is 2.74. The van der Waals surface area contributed by atoms with Crippen LogP contribution in [0.25, 0.3) is 0 Å². The molecule has 1 aromatic heterocycles. The third-order valence-corrected chi connectivity index (χ3v) is 2.74. The van der Waals surface area contributed by atoms with Crippen molar-refractivity contribution >= 4 is 11.9 Å². The molecule has 0 bridgehead atoms. The number of aromatic nitrogens is 1. The van der Waals surface area contributed by atoms with Gasteiger partial charge in [-0.25, -0.2) is 9.78 Å². The highest BCUT2D eigenvalue weighted by Crippen LogP contribution is 2.07. The first-order valence-electron chi connectivity index (χ1n) is 6.00. The van der Waals surface area contributed by atoms with E-state index < -0.39 is 5.97 Å². The van der Waals surface area contributed by atoms with Crippen molar-refractivity contribution in [2.75, 3.05) is 13.7 Å². The van der Waals surface area contributed by atoms with Crippen LogP contribution in [0.4, 0.5) is 0 Å². The van der Waals surface area contributed by atoms with Gasteiger partial charge in [0.1, 0.15) is 5.69 Å². The number of aryl methyl sites for hydroxylation is 1. The zero-order chi connectivity index (χ0) is 14.4. The zero-order valence-electron chi connectivity index (χ0n) is 11.3. The van der Waals surface area contributed by atoms with Gasteiger partial charge in [-0.3, -0.25) is 4.79 Å². The maximum absolute atomic E-state index is 11.9. The van der Waals surface area contributed by atoms with Crippen molar-refractivity contribution in [3.8, 4) is 0 Å². The lowest BCUT2D eigenvalue weighted by atomic mass is 10.1. The summed E-state index contributed by atoms with van der Waals surface area (Å²) < 4.78 is 4.99. The van der Waals surface area contributed by atoms with Crippen molar-refractivity contribution in [2.24, 2.45) is 0 Å². The summed E-state index contributed by atoms with van der Waals surface area (Å²) in [5.74, 6) is -1.38. The predicted octanol–water partition coefficient (Wildman–Crippen LogP) is 1.24. The van der Waals surface area contributed by atoms with Gasteiger partial charge in [0, 0.05) is 7.11 Å². The molecule has 104 valence electrons. The van der Waals surface area contributed by atoms with Gasteiger partial charge in [0.15, 0.2) is 0 Å². The minimum atomic E-state index is -1.05. The Labute approximate surface area is 111 Å². The van der Waals surface area contributed by atoms with E-state index in [0.29, 0.717) is 12.3 Å². The van der Waals surface area contributed by atoms with Crippen molar-refractivity contribution in [3.63, 3.8) is 0 Å². The highest BCUT2D eigenvalue weighted by atomic mass is 16.5. The molecule has 1 atom stereocenters. The van der Waals surface area contributed by atoms with Crippen LogP contribution in [0, 0.1) is 6.92 Å². The number of hydrogen-bond acceptors (Lipinski definition) is 4. The Morgan fingerprint density at radius 1 is 1.47 bits per heavy atom. The second kappa shape index (κ2) is 6.84. The SMILES string of the molecule is CCC(COC)NC(=O)c1ccc(C(=O)O)c(C)n1. The third kappa shape index (κ3) is 4.03.